The Morgan fingerprint density at radius 3 is 2.81 bits per heavy atom. The van der Waals surface area contributed by atoms with Crippen molar-refractivity contribution in [3.8, 4) is 5.75 Å². The summed E-state index contributed by atoms with van der Waals surface area (Å²) in [5.74, 6) is 0.151. The first-order valence-electron chi connectivity index (χ1n) is 7.29. The largest absolute Gasteiger partial charge is 0.491 e. The quantitative estimate of drug-likeness (QED) is 0.843. The number of aliphatic carboxylic acids is 1. The number of hydrogen-bond donors (Lipinski definition) is 2. The molecule has 0 aromatic carbocycles. The second kappa shape index (κ2) is 5.52. The molecule has 0 bridgehead atoms. The molecule has 1 saturated carbocycles. The highest BCUT2D eigenvalue weighted by atomic mass is 16.5. The van der Waals surface area contributed by atoms with Crippen LogP contribution in [-0.2, 0) is 11.3 Å². The van der Waals surface area contributed by atoms with E-state index in [4.69, 9.17) is 4.74 Å². The molecule has 6 nitrogen and oxygen atoms in total. The third kappa shape index (κ3) is 2.95. The highest BCUT2D eigenvalue weighted by Gasteiger charge is 2.45. The van der Waals surface area contributed by atoms with Gasteiger partial charge in [-0.1, -0.05) is 0 Å². The van der Waals surface area contributed by atoms with E-state index in [1.165, 1.54) is 13.2 Å². The first-order valence-corrected chi connectivity index (χ1v) is 7.29. The van der Waals surface area contributed by atoms with Crippen LogP contribution in [0.3, 0.4) is 0 Å². The number of likely N-dealkylation sites (tertiary alicyclic amines) is 1. The molecule has 0 spiro atoms. The number of aromatic nitrogens is 1. The summed E-state index contributed by atoms with van der Waals surface area (Å²) in [7, 11) is 1.46. The second-order valence-electron chi connectivity index (χ2n) is 6.03. The molecule has 1 saturated heterocycles. The van der Waals surface area contributed by atoms with Gasteiger partial charge in [-0.05, 0) is 24.7 Å². The molecule has 0 unspecified atom stereocenters. The highest BCUT2D eigenvalue weighted by molar-refractivity contribution is 5.71. The van der Waals surface area contributed by atoms with Crippen LogP contribution in [-0.4, -0.2) is 41.2 Å². The van der Waals surface area contributed by atoms with E-state index in [0.29, 0.717) is 24.8 Å². The van der Waals surface area contributed by atoms with Crippen molar-refractivity contribution in [3.63, 3.8) is 0 Å². The van der Waals surface area contributed by atoms with Crippen molar-refractivity contribution in [1.29, 1.82) is 0 Å². The Morgan fingerprint density at radius 1 is 1.48 bits per heavy atom. The minimum Gasteiger partial charge on any atom is -0.491 e. The van der Waals surface area contributed by atoms with E-state index in [2.05, 4.69) is 9.88 Å². The maximum Gasteiger partial charge on any atom is 0.308 e. The third-order valence-electron chi connectivity index (χ3n) is 4.54. The number of carbonyl (C=O) groups is 1. The Labute approximate surface area is 122 Å². The van der Waals surface area contributed by atoms with E-state index >= 15 is 0 Å². The standard InChI is InChI=1S/C15H20N2O4/c1-21-14-5-16-10(4-13(14)18)6-17-7-11(9-2-3-9)12(8-17)15(19)20/h4-5,9,11-12H,2-3,6-8H2,1H3,(H,16,18)(H,19,20)/t11-,12+/m0/s1. The lowest BCUT2D eigenvalue weighted by molar-refractivity contribution is -0.142. The van der Waals surface area contributed by atoms with Gasteiger partial charge in [-0.3, -0.25) is 14.5 Å². The summed E-state index contributed by atoms with van der Waals surface area (Å²) in [6.45, 7) is 1.94. The number of ether oxygens (including phenoxy) is 1. The summed E-state index contributed by atoms with van der Waals surface area (Å²) in [4.78, 5) is 28.3. The van der Waals surface area contributed by atoms with Crippen LogP contribution in [0.1, 0.15) is 18.5 Å². The fourth-order valence-corrected chi connectivity index (χ4v) is 3.30. The first kappa shape index (κ1) is 14.1. The predicted octanol–water partition coefficient (Wildman–Crippen LogP) is 0.926. The van der Waals surface area contributed by atoms with E-state index in [0.717, 1.165) is 25.1 Å². The van der Waals surface area contributed by atoms with Crippen molar-refractivity contribution in [3.05, 3.63) is 28.2 Å². The molecular formula is C15H20N2O4. The van der Waals surface area contributed by atoms with E-state index < -0.39 is 5.97 Å². The summed E-state index contributed by atoms with van der Waals surface area (Å²) in [6.07, 6.45) is 3.87. The lowest BCUT2D eigenvalue weighted by atomic mass is 9.92. The van der Waals surface area contributed by atoms with Gasteiger partial charge in [-0.2, -0.15) is 0 Å². The van der Waals surface area contributed by atoms with Gasteiger partial charge in [0, 0.05) is 37.6 Å². The average Bonchev–Trinajstić information content (AvgIpc) is 3.20. The Morgan fingerprint density at radius 2 is 2.24 bits per heavy atom. The summed E-state index contributed by atoms with van der Waals surface area (Å²) >= 11 is 0. The molecular weight excluding hydrogens is 272 g/mol. The molecule has 6 heteroatoms. The van der Waals surface area contributed by atoms with Gasteiger partial charge >= 0.3 is 5.97 Å². The number of carboxylic acid groups (broad SMARTS) is 1. The Bertz CT molecular complexity index is 594. The van der Waals surface area contributed by atoms with Gasteiger partial charge in [0.2, 0.25) is 5.43 Å². The van der Waals surface area contributed by atoms with Crippen molar-refractivity contribution < 1.29 is 14.6 Å². The number of rotatable bonds is 5. The van der Waals surface area contributed by atoms with Crippen molar-refractivity contribution in [2.24, 2.45) is 17.8 Å². The molecule has 2 atom stereocenters. The van der Waals surface area contributed by atoms with Crippen molar-refractivity contribution >= 4 is 5.97 Å². The van der Waals surface area contributed by atoms with E-state index in [1.807, 2.05) is 0 Å². The Kier molecular flexibility index (Phi) is 3.71. The van der Waals surface area contributed by atoms with Crippen molar-refractivity contribution in [2.75, 3.05) is 20.2 Å². The normalized spacial score (nSPS) is 26.0. The van der Waals surface area contributed by atoms with Crippen LogP contribution in [0.4, 0.5) is 0 Å². The smallest absolute Gasteiger partial charge is 0.308 e. The van der Waals surface area contributed by atoms with Gasteiger partial charge in [0.1, 0.15) is 0 Å². The van der Waals surface area contributed by atoms with Crippen molar-refractivity contribution in [2.45, 2.75) is 19.4 Å². The van der Waals surface area contributed by atoms with Gasteiger partial charge in [0.15, 0.2) is 5.75 Å². The fraction of sp³-hybridized carbons (Fsp3) is 0.600. The molecule has 0 radical (unpaired) electrons. The maximum absolute atomic E-state index is 11.7. The maximum atomic E-state index is 11.7. The Hall–Kier alpha value is -1.82. The van der Waals surface area contributed by atoms with Gasteiger partial charge in [0.05, 0.1) is 13.0 Å². The zero-order valence-electron chi connectivity index (χ0n) is 12.0. The number of nitrogens with zero attached hydrogens (tertiary/aromatic N) is 1. The lowest BCUT2D eigenvalue weighted by Gasteiger charge is -2.15. The molecule has 1 aliphatic carbocycles. The molecule has 21 heavy (non-hydrogen) atoms. The molecule has 1 aromatic rings. The zero-order chi connectivity index (χ0) is 15.0. The van der Waals surface area contributed by atoms with Crippen LogP contribution < -0.4 is 10.2 Å². The highest BCUT2D eigenvalue weighted by Crippen LogP contribution is 2.44. The van der Waals surface area contributed by atoms with Crippen LogP contribution in [0, 0.1) is 17.8 Å². The number of methoxy groups -OCH3 is 1. The van der Waals surface area contributed by atoms with E-state index in [-0.39, 0.29) is 17.3 Å². The summed E-state index contributed by atoms with van der Waals surface area (Å²) < 4.78 is 4.94. The summed E-state index contributed by atoms with van der Waals surface area (Å²) in [5.41, 5.74) is 0.639. The molecule has 2 aliphatic rings. The minimum absolute atomic E-state index is 0.154. The number of aromatic amines is 1. The molecule has 2 N–H and O–H groups in total. The van der Waals surface area contributed by atoms with Crippen LogP contribution in [0.15, 0.2) is 17.1 Å². The lowest BCUT2D eigenvalue weighted by Crippen LogP contribution is -2.24. The molecule has 1 aliphatic heterocycles. The predicted molar refractivity (Wildman–Crippen MR) is 76.2 cm³/mol. The Balaban J connectivity index is 1.69. The number of carboxylic acids is 1. The van der Waals surface area contributed by atoms with Crippen molar-refractivity contribution in [1.82, 2.24) is 9.88 Å². The number of hydrogen-bond acceptors (Lipinski definition) is 4. The van der Waals surface area contributed by atoms with Crippen LogP contribution in [0.5, 0.6) is 5.75 Å². The fourth-order valence-electron chi connectivity index (χ4n) is 3.30. The molecule has 1 aromatic heterocycles. The SMILES string of the molecule is COc1c[nH]c(CN2C[C@@H](C(=O)O)[C@H](C3CC3)C2)cc1=O. The van der Waals surface area contributed by atoms with E-state index in [1.54, 1.807) is 6.20 Å². The monoisotopic (exact) mass is 292 g/mol. The van der Waals surface area contributed by atoms with Gasteiger partial charge in [-0.15, -0.1) is 0 Å². The minimum atomic E-state index is -0.697. The van der Waals surface area contributed by atoms with Crippen LogP contribution in [0.2, 0.25) is 0 Å². The molecule has 0 amide bonds. The van der Waals surface area contributed by atoms with Crippen LogP contribution in [0.25, 0.3) is 0 Å². The zero-order valence-corrected chi connectivity index (χ0v) is 12.0. The van der Waals surface area contributed by atoms with Gasteiger partial charge < -0.3 is 14.8 Å². The van der Waals surface area contributed by atoms with Gasteiger partial charge in [-0.25, -0.2) is 0 Å². The topological polar surface area (TPSA) is 82.6 Å². The summed E-state index contributed by atoms with van der Waals surface area (Å²) in [6, 6.07) is 1.53. The number of nitrogens with one attached hydrogen (secondary N) is 1. The van der Waals surface area contributed by atoms with E-state index in [9.17, 15) is 14.7 Å². The molecule has 114 valence electrons. The van der Waals surface area contributed by atoms with Crippen LogP contribution >= 0.6 is 0 Å². The second-order valence-corrected chi connectivity index (χ2v) is 6.03. The third-order valence-corrected chi connectivity index (χ3v) is 4.54. The molecule has 2 fully saturated rings. The first-order chi connectivity index (χ1) is 10.1. The summed E-state index contributed by atoms with van der Waals surface area (Å²) in [5, 5.41) is 9.36. The molecule has 3 rings (SSSR count). The number of pyridine rings is 1. The number of H-pyrrole nitrogens is 1. The molecule has 2 heterocycles. The van der Waals surface area contributed by atoms with Gasteiger partial charge in [0.25, 0.3) is 0 Å². The average molecular weight is 292 g/mol.